The summed E-state index contributed by atoms with van der Waals surface area (Å²) in [4.78, 5) is 37.7. The van der Waals surface area contributed by atoms with E-state index in [1.807, 2.05) is 0 Å². The number of anilines is 1. The third kappa shape index (κ3) is 3.70. The number of rotatable bonds is 5. The van der Waals surface area contributed by atoms with E-state index in [1.54, 1.807) is 24.3 Å². The molecule has 2 aromatic carbocycles. The topological polar surface area (TPSA) is 66.5 Å². The average Bonchev–Trinajstić information content (AvgIpc) is 2.85. The lowest BCUT2D eigenvalue weighted by Gasteiger charge is -2.14. The molecule has 0 atom stereocenters. The van der Waals surface area contributed by atoms with Gasteiger partial charge in [-0.3, -0.25) is 19.3 Å². The molecule has 0 fully saturated rings. The molecule has 1 aliphatic rings. The predicted octanol–water partition coefficient (Wildman–Crippen LogP) is 4.66. The van der Waals surface area contributed by atoms with Gasteiger partial charge in [0.1, 0.15) is 0 Å². The highest BCUT2D eigenvalue weighted by Gasteiger charge is 2.34. The number of imide groups is 1. The minimum Gasteiger partial charge on any atom is -0.325 e. The molecule has 26 heavy (non-hydrogen) atoms. The Morgan fingerprint density at radius 2 is 1.50 bits per heavy atom. The lowest BCUT2D eigenvalue weighted by Crippen LogP contribution is -2.31. The summed E-state index contributed by atoms with van der Waals surface area (Å²) in [5.41, 5.74) is 1.14. The molecule has 134 valence electrons. The van der Waals surface area contributed by atoms with Crippen LogP contribution in [0, 0.1) is 0 Å². The first-order chi connectivity index (χ1) is 12.4. The maximum absolute atomic E-state index is 12.2. The maximum Gasteiger partial charge on any atom is 0.261 e. The normalized spacial score (nSPS) is 13.1. The Morgan fingerprint density at radius 3 is 2.12 bits per heavy atom. The highest BCUT2D eigenvalue weighted by atomic mass is 35.5. The molecule has 0 saturated carbocycles. The van der Waals surface area contributed by atoms with Crippen molar-refractivity contribution in [3.63, 3.8) is 0 Å². The van der Waals surface area contributed by atoms with Crippen molar-refractivity contribution in [2.45, 2.75) is 12.8 Å². The molecule has 3 amide bonds. The zero-order valence-electron chi connectivity index (χ0n) is 13.4. The number of nitrogens with one attached hydrogen (secondary N) is 1. The highest BCUT2D eigenvalue weighted by molar-refractivity contribution is 6.44. The Bertz CT molecular complexity index is 880. The maximum atomic E-state index is 12.2. The van der Waals surface area contributed by atoms with Crippen LogP contribution in [0.25, 0.3) is 0 Å². The van der Waals surface area contributed by atoms with Crippen LogP contribution in [0.3, 0.4) is 0 Å². The van der Waals surface area contributed by atoms with Gasteiger partial charge < -0.3 is 5.32 Å². The monoisotopic (exact) mass is 410 g/mol. The fourth-order valence-corrected chi connectivity index (χ4v) is 3.27. The molecule has 1 aliphatic heterocycles. The molecule has 0 radical (unpaired) electrons. The minimum absolute atomic E-state index is 0.115. The molecule has 8 heteroatoms. The van der Waals surface area contributed by atoms with Crippen LogP contribution >= 0.6 is 34.8 Å². The van der Waals surface area contributed by atoms with E-state index in [4.69, 9.17) is 34.8 Å². The number of amides is 3. The van der Waals surface area contributed by atoms with Crippen molar-refractivity contribution < 1.29 is 14.4 Å². The lowest BCUT2D eigenvalue weighted by molar-refractivity contribution is -0.116. The predicted molar refractivity (Wildman–Crippen MR) is 101 cm³/mol. The number of hydrogen-bond acceptors (Lipinski definition) is 3. The minimum atomic E-state index is -0.335. The average molecular weight is 412 g/mol. The van der Waals surface area contributed by atoms with Crippen LogP contribution in [-0.4, -0.2) is 29.2 Å². The van der Waals surface area contributed by atoms with Gasteiger partial charge in [-0.25, -0.2) is 0 Å². The molecule has 0 unspecified atom stereocenters. The molecule has 0 aromatic heterocycles. The van der Waals surface area contributed by atoms with E-state index in [9.17, 15) is 14.4 Å². The van der Waals surface area contributed by atoms with Crippen molar-refractivity contribution in [3.05, 3.63) is 62.6 Å². The van der Waals surface area contributed by atoms with Crippen molar-refractivity contribution in [2.24, 2.45) is 0 Å². The van der Waals surface area contributed by atoms with Gasteiger partial charge >= 0.3 is 0 Å². The van der Waals surface area contributed by atoms with E-state index in [-0.39, 0.29) is 40.7 Å². The molecule has 0 saturated heterocycles. The fraction of sp³-hybridized carbons (Fsp3) is 0.167. The lowest BCUT2D eigenvalue weighted by atomic mass is 10.1. The number of halogens is 3. The summed E-state index contributed by atoms with van der Waals surface area (Å²) in [5.74, 6) is -0.973. The van der Waals surface area contributed by atoms with Crippen molar-refractivity contribution >= 4 is 58.2 Å². The van der Waals surface area contributed by atoms with E-state index in [1.165, 1.54) is 12.1 Å². The summed E-state index contributed by atoms with van der Waals surface area (Å²) >= 11 is 17.8. The third-order valence-corrected chi connectivity index (χ3v) is 4.98. The zero-order valence-corrected chi connectivity index (χ0v) is 15.7. The van der Waals surface area contributed by atoms with Gasteiger partial charge in [0.25, 0.3) is 11.8 Å². The molecular formula is C18H13Cl3N2O3. The van der Waals surface area contributed by atoms with Gasteiger partial charge in [-0.1, -0.05) is 46.9 Å². The van der Waals surface area contributed by atoms with E-state index >= 15 is 0 Å². The standard InChI is InChI=1S/C18H13Cl3N2O3/c19-12-8-14(21)15(9-13(12)20)22-16(24)6-3-7-23-17(25)10-4-1-2-5-11(10)18(23)26/h1-2,4-5,8-9H,3,6-7H2,(H,22,24). The fourth-order valence-electron chi connectivity index (χ4n) is 2.67. The van der Waals surface area contributed by atoms with Crippen molar-refractivity contribution in [1.29, 1.82) is 0 Å². The Labute approximate surface area is 164 Å². The van der Waals surface area contributed by atoms with E-state index in [0.29, 0.717) is 28.3 Å². The molecule has 0 bridgehead atoms. The first-order valence-electron chi connectivity index (χ1n) is 7.78. The van der Waals surface area contributed by atoms with Crippen molar-refractivity contribution in [2.75, 3.05) is 11.9 Å². The molecule has 1 heterocycles. The van der Waals surface area contributed by atoms with Crippen LogP contribution in [0.4, 0.5) is 5.69 Å². The molecule has 3 rings (SSSR count). The number of fused-ring (bicyclic) bond motifs is 1. The molecule has 5 nitrogen and oxygen atoms in total. The van der Waals surface area contributed by atoms with Crippen LogP contribution in [0.5, 0.6) is 0 Å². The summed E-state index contributed by atoms with van der Waals surface area (Å²) in [6.07, 6.45) is 0.445. The summed E-state index contributed by atoms with van der Waals surface area (Å²) in [5, 5.41) is 3.48. The van der Waals surface area contributed by atoms with Gasteiger partial charge in [-0.05, 0) is 30.7 Å². The summed E-state index contributed by atoms with van der Waals surface area (Å²) < 4.78 is 0. The second-order valence-corrected chi connectivity index (χ2v) is 6.93. The zero-order chi connectivity index (χ0) is 18.8. The second kappa shape index (κ2) is 7.66. The number of nitrogens with zero attached hydrogens (tertiary/aromatic N) is 1. The van der Waals surface area contributed by atoms with Gasteiger partial charge in [0.15, 0.2) is 0 Å². The van der Waals surface area contributed by atoms with Crippen LogP contribution < -0.4 is 5.32 Å². The quantitative estimate of drug-likeness (QED) is 0.575. The molecule has 0 spiro atoms. The van der Waals surface area contributed by atoms with Gasteiger partial charge in [0, 0.05) is 13.0 Å². The largest absolute Gasteiger partial charge is 0.325 e. The molecule has 0 aliphatic carbocycles. The number of carbonyl (C=O) groups excluding carboxylic acids is 3. The van der Waals surface area contributed by atoms with Crippen LogP contribution in [0.1, 0.15) is 33.6 Å². The van der Waals surface area contributed by atoms with E-state index in [2.05, 4.69) is 5.32 Å². The summed E-state index contributed by atoms with van der Waals surface area (Å²) in [6, 6.07) is 9.57. The number of hydrogen-bond donors (Lipinski definition) is 1. The Hall–Kier alpha value is -2.08. The van der Waals surface area contributed by atoms with Gasteiger partial charge in [-0.2, -0.15) is 0 Å². The SMILES string of the molecule is O=C(CCCN1C(=O)c2ccccc2C1=O)Nc1cc(Cl)c(Cl)cc1Cl. The van der Waals surface area contributed by atoms with Gasteiger partial charge in [-0.15, -0.1) is 0 Å². The first kappa shape index (κ1) is 18.7. The Kier molecular flexibility index (Phi) is 5.51. The summed E-state index contributed by atoms with van der Waals surface area (Å²) in [7, 11) is 0. The van der Waals surface area contributed by atoms with Gasteiger partial charge in [0.2, 0.25) is 5.91 Å². The molecule has 1 N–H and O–H groups in total. The van der Waals surface area contributed by atoms with E-state index < -0.39 is 0 Å². The Balaban J connectivity index is 1.56. The van der Waals surface area contributed by atoms with Crippen molar-refractivity contribution in [1.82, 2.24) is 4.90 Å². The number of benzene rings is 2. The smallest absolute Gasteiger partial charge is 0.261 e. The van der Waals surface area contributed by atoms with Crippen LogP contribution in [0.2, 0.25) is 15.1 Å². The second-order valence-electron chi connectivity index (χ2n) is 5.71. The van der Waals surface area contributed by atoms with Crippen LogP contribution in [-0.2, 0) is 4.79 Å². The Morgan fingerprint density at radius 1 is 0.923 bits per heavy atom. The van der Waals surface area contributed by atoms with E-state index in [0.717, 1.165) is 4.90 Å². The molecule has 2 aromatic rings. The van der Waals surface area contributed by atoms with Crippen molar-refractivity contribution in [3.8, 4) is 0 Å². The van der Waals surface area contributed by atoms with Gasteiger partial charge in [0.05, 0.1) is 31.9 Å². The summed E-state index contributed by atoms with van der Waals surface area (Å²) in [6.45, 7) is 0.162. The number of carbonyl (C=O) groups is 3. The van der Waals surface area contributed by atoms with Crippen LogP contribution in [0.15, 0.2) is 36.4 Å². The molecular weight excluding hydrogens is 399 g/mol. The highest BCUT2D eigenvalue weighted by Crippen LogP contribution is 2.32. The third-order valence-electron chi connectivity index (χ3n) is 3.95. The first-order valence-corrected chi connectivity index (χ1v) is 8.91.